The van der Waals surface area contributed by atoms with Gasteiger partial charge in [-0.3, -0.25) is 4.79 Å². The van der Waals surface area contributed by atoms with Crippen LogP contribution in [0.2, 0.25) is 0 Å². The van der Waals surface area contributed by atoms with E-state index in [4.69, 9.17) is 9.47 Å². The van der Waals surface area contributed by atoms with Crippen LogP contribution in [-0.4, -0.2) is 31.3 Å². The lowest BCUT2D eigenvalue weighted by Crippen LogP contribution is -2.58. The number of anilines is 1. The van der Waals surface area contributed by atoms with Crippen LogP contribution in [-0.2, 0) is 10.2 Å². The van der Waals surface area contributed by atoms with Gasteiger partial charge in [-0.25, -0.2) is 0 Å². The molecule has 0 spiro atoms. The Kier molecular flexibility index (Phi) is 6.18. The highest BCUT2D eigenvalue weighted by Gasteiger charge is 2.59. The second-order valence-corrected chi connectivity index (χ2v) is 9.07. The van der Waals surface area contributed by atoms with Gasteiger partial charge in [0.1, 0.15) is 5.66 Å². The highest BCUT2D eigenvalue weighted by molar-refractivity contribution is 5.91. The van der Waals surface area contributed by atoms with Gasteiger partial charge in [-0.1, -0.05) is 64.0 Å². The van der Waals surface area contributed by atoms with E-state index in [9.17, 15) is 4.79 Å². The van der Waals surface area contributed by atoms with Crippen LogP contribution in [0.15, 0.2) is 48.5 Å². The van der Waals surface area contributed by atoms with Crippen LogP contribution in [0.25, 0.3) is 6.08 Å². The second-order valence-electron chi connectivity index (χ2n) is 9.07. The molecule has 4 rings (SSSR count). The van der Waals surface area contributed by atoms with Crippen molar-refractivity contribution in [2.75, 3.05) is 24.7 Å². The van der Waals surface area contributed by atoms with E-state index >= 15 is 0 Å². The first kappa shape index (κ1) is 22.3. The van der Waals surface area contributed by atoms with Crippen LogP contribution >= 0.6 is 0 Å². The van der Waals surface area contributed by atoms with Gasteiger partial charge < -0.3 is 19.7 Å². The maximum absolute atomic E-state index is 12.5. The SMILES string of the molecule is CCCCCOc1ccc(/C=C/C23NC(=O)CN2c2ccccc2C3(C)C)cc1OCC. The summed E-state index contributed by atoms with van der Waals surface area (Å²) in [6.07, 6.45) is 7.58. The fraction of sp³-hybridized carbons (Fsp3) is 0.444. The Labute approximate surface area is 191 Å². The number of hydrogen-bond donors (Lipinski definition) is 1. The Hall–Kier alpha value is -2.95. The number of fused-ring (bicyclic) bond motifs is 3. The third-order valence-corrected chi connectivity index (χ3v) is 6.67. The van der Waals surface area contributed by atoms with Crippen molar-refractivity contribution in [3.8, 4) is 11.5 Å². The first-order chi connectivity index (χ1) is 15.4. The van der Waals surface area contributed by atoms with Crippen LogP contribution in [0.3, 0.4) is 0 Å². The summed E-state index contributed by atoms with van der Waals surface area (Å²) >= 11 is 0. The third-order valence-electron chi connectivity index (χ3n) is 6.67. The number of carbonyl (C=O) groups excluding carboxylic acids is 1. The molecule has 1 saturated heterocycles. The van der Waals surface area contributed by atoms with Crippen LogP contribution in [0.5, 0.6) is 11.5 Å². The van der Waals surface area contributed by atoms with Gasteiger partial charge in [0.2, 0.25) is 5.91 Å². The van der Waals surface area contributed by atoms with Gasteiger partial charge in [0.05, 0.1) is 19.8 Å². The molecule has 1 fully saturated rings. The van der Waals surface area contributed by atoms with Crippen molar-refractivity contribution >= 4 is 17.7 Å². The summed E-state index contributed by atoms with van der Waals surface area (Å²) in [6, 6.07) is 14.4. The number of nitrogens with one attached hydrogen (secondary N) is 1. The number of rotatable bonds is 9. The fourth-order valence-electron chi connectivity index (χ4n) is 4.91. The van der Waals surface area contributed by atoms with E-state index in [0.717, 1.165) is 35.6 Å². The first-order valence-electron chi connectivity index (χ1n) is 11.7. The number of hydrogen-bond acceptors (Lipinski definition) is 4. The maximum atomic E-state index is 12.5. The molecule has 170 valence electrons. The third kappa shape index (κ3) is 3.74. The van der Waals surface area contributed by atoms with Crippen molar-refractivity contribution in [2.45, 2.75) is 58.0 Å². The van der Waals surface area contributed by atoms with Crippen molar-refractivity contribution in [3.05, 3.63) is 59.7 Å². The quantitative estimate of drug-likeness (QED) is 0.545. The molecule has 2 aliphatic rings. The number of amides is 1. The fourth-order valence-corrected chi connectivity index (χ4v) is 4.91. The molecule has 0 saturated carbocycles. The number of benzene rings is 2. The second kappa shape index (κ2) is 8.89. The first-order valence-corrected chi connectivity index (χ1v) is 11.7. The van der Waals surface area contributed by atoms with E-state index in [0.29, 0.717) is 19.8 Å². The maximum Gasteiger partial charge on any atom is 0.241 e. The molecule has 0 aromatic heterocycles. The van der Waals surface area contributed by atoms with E-state index < -0.39 is 5.66 Å². The van der Waals surface area contributed by atoms with Gasteiger partial charge in [-0.15, -0.1) is 0 Å². The molecule has 0 aliphatic carbocycles. The van der Waals surface area contributed by atoms with Crippen molar-refractivity contribution in [3.63, 3.8) is 0 Å². The standard InChI is InChI=1S/C27H34N2O3/c1-5-7-10-17-32-23-14-13-20(18-24(23)31-6-2)15-16-27-26(3,4)21-11-8-9-12-22(21)29(27)19-25(30)28-27/h8-9,11-16,18H,5-7,10,17,19H2,1-4H3,(H,28,30)/b16-15+. The minimum atomic E-state index is -0.602. The minimum Gasteiger partial charge on any atom is -0.490 e. The zero-order valence-electron chi connectivity index (χ0n) is 19.6. The van der Waals surface area contributed by atoms with Crippen molar-refractivity contribution in [2.24, 2.45) is 0 Å². The van der Waals surface area contributed by atoms with Gasteiger partial charge in [-0.05, 0) is 48.7 Å². The Morgan fingerprint density at radius 3 is 2.66 bits per heavy atom. The predicted octanol–water partition coefficient (Wildman–Crippen LogP) is 5.29. The number of nitrogens with zero attached hydrogens (tertiary/aromatic N) is 1. The molecule has 1 amide bonds. The van der Waals surface area contributed by atoms with Crippen LogP contribution in [0.1, 0.15) is 58.1 Å². The van der Waals surface area contributed by atoms with Gasteiger partial charge in [0.15, 0.2) is 11.5 Å². The molecule has 5 heteroatoms. The van der Waals surface area contributed by atoms with E-state index in [-0.39, 0.29) is 11.3 Å². The Morgan fingerprint density at radius 1 is 1.06 bits per heavy atom. The lowest BCUT2D eigenvalue weighted by Gasteiger charge is -2.40. The Balaban J connectivity index is 1.63. The Bertz CT molecular complexity index is 1010. The van der Waals surface area contributed by atoms with E-state index in [1.165, 1.54) is 12.0 Å². The van der Waals surface area contributed by atoms with Crippen LogP contribution in [0, 0.1) is 0 Å². The highest BCUT2D eigenvalue weighted by Crippen LogP contribution is 2.52. The van der Waals surface area contributed by atoms with E-state index in [2.05, 4.69) is 61.3 Å². The zero-order chi connectivity index (χ0) is 22.8. The van der Waals surface area contributed by atoms with Crippen molar-refractivity contribution in [1.29, 1.82) is 0 Å². The zero-order valence-corrected chi connectivity index (χ0v) is 19.6. The Morgan fingerprint density at radius 2 is 1.88 bits per heavy atom. The highest BCUT2D eigenvalue weighted by atomic mass is 16.5. The van der Waals surface area contributed by atoms with Crippen LogP contribution < -0.4 is 19.7 Å². The van der Waals surface area contributed by atoms with Gasteiger partial charge >= 0.3 is 0 Å². The molecular formula is C27H34N2O3. The van der Waals surface area contributed by atoms with Crippen molar-refractivity contribution in [1.82, 2.24) is 5.32 Å². The van der Waals surface area contributed by atoms with Gasteiger partial charge in [0, 0.05) is 11.1 Å². The summed E-state index contributed by atoms with van der Waals surface area (Å²) < 4.78 is 11.8. The predicted molar refractivity (Wildman–Crippen MR) is 129 cm³/mol. The molecule has 1 N–H and O–H groups in total. The number of unbranched alkanes of at least 4 members (excludes halogenated alkanes) is 2. The molecule has 2 aromatic carbocycles. The molecule has 2 aliphatic heterocycles. The molecule has 1 unspecified atom stereocenters. The monoisotopic (exact) mass is 434 g/mol. The average molecular weight is 435 g/mol. The molecule has 32 heavy (non-hydrogen) atoms. The molecular weight excluding hydrogens is 400 g/mol. The summed E-state index contributed by atoms with van der Waals surface area (Å²) in [7, 11) is 0. The van der Waals surface area contributed by atoms with E-state index in [1.54, 1.807) is 0 Å². The number of carbonyl (C=O) groups is 1. The largest absolute Gasteiger partial charge is 0.490 e. The lowest BCUT2D eigenvalue weighted by molar-refractivity contribution is -0.118. The van der Waals surface area contributed by atoms with E-state index in [1.807, 2.05) is 31.2 Å². The molecule has 0 bridgehead atoms. The minimum absolute atomic E-state index is 0.0445. The number of ether oxygens (including phenoxy) is 2. The average Bonchev–Trinajstić information content (AvgIpc) is 3.21. The number of para-hydroxylation sites is 1. The summed E-state index contributed by atoms with van der Waals surface area (Å²) in [5.41, 5.74) is 2.49. The summed E-state index contributed by atoms with van der Waals surface area (Å²) in [6.45, 7) is 10.2. The topological polar surface area (TPSA) is 50.8 Å². The van der Waals surface area contributed by atoms with Crippen LogP contribution in [0.4, 0.5) is 5.69 Å². The molecule has 2 heterocycles. The lowest BCUT2D eigenvalue weighted by atomic mass is 9.75. The molecule has 5 nitrogen and oxygen atoms in total. The molecule has 1 atom stereocenters. The van der Waals surface area contributed by atoms with Gasteiger partial charge in [0.25, 0.3) is 0 Å². The van der Waals surface area contributed by atoms with Crippen molar-refractivity contribution < 1.29 is 14.3 Å². The summed E-state index contributed by atoms with van der Waals surface area (Å²) in [5, 5.41) is 3.27. The summed E-state index contributed by atoms with van der Waals surface area (Å²) in [4.78, 5) is 14.7. The summed E-state index contributed by atoms with van der Waals surface area (Å²) in [5.74, 6) is 1.58. The molecule has 0 radical (unpaired) electrons. The molecule has 2 aromatic rings. The smallest absolute Gasteiger partial charge is 0.241 e. The van der Waals surface area contributed by atoms with Gasteiger partial charge in [-0.2, -0.15) is 0 Å². The normalized spacial score (nSPS) is 20.9.